The summed E-state index contributed by atoms with van der Waals surface area (Å²) in [6.07, 6.45) is 2.90. The van der Waals surface area contributed by atoms with Gasteiger partial charge in [-0.2, -0.15) is 0 Å². The quantitative estimate of drug-likeness (QED) is 0.623. The van der Waals surface area contributed by atoms with Gasteiger partial charge in [0.1, 0.15) is 5.82 Å². The van der Waals surface area contributed by atoms with Gasteiger partial charge in [0.05, 0.1) is 0 Å². The van der Waals surface area contributed by atoms with Crippen molar-refractivity contribution in [3.8, 4) is 0 Å². The van der Waals surface area contributed by atoms with Gasteiger partial charge in [-0.3, -0.25) is 11.3 Å². The number of hydrogen-bond donors (Lipinski definition) is 2. The molecule has 0 aliphatic carbocycles. The zero-order valence-electron chi connectivity index (χ0n) is 11.8. The molecule has 1 atom stereocenters. The lowest BCUT2D eigenvalue weighted by Gasteiger charge is -2.17. The monoisotopic (exact) mass is 272 g/mol. The molecule has 0 aromatic heterocycles. The van der Waals surface area contributed by atoms with Crippen LogP contribution < -0.4 is 11.3 Å². The third-order valence-electron chi connectivity index (χ3n) is 3.45. The van der Waals surface area contributed by atoms with E-state index in [1.165, 1.54) is 11.6 Å². The first-order valence-electron chi connectivity index (χ1n) is 7.02. The van der Waals surface area contributed by atoms with Crippen molar-refractivity contribution in [2.24, 2.45) is 5.84 Å². The van der Waals surface area contributed by atoms with Gasteiger partial charge in [0.15, 0.2) is 0 Å². The molecule has 2 nitrogen and oxygen atoms in total. The average Bonchev–Trinajstić information content (AvgIpc) is 2.46. The summed E-state index contributed by atoms with van der Waals surface area (Å²) in [5.74, 6) is 5.43. The summed E-state index contributed by atoms with van der Waals surface area (Å²) in [6, 6.07) is 15.1. The van der Waals surface area contributed by atoms with E-state index in [0.29, 0.717) is 6.42 Å². The van der Waals surface area contributed by atoms with Gasteiger partial charge in [0.25, 0.3) is 0 Å². The number of nitrogens with one attached hydrogen (secondary N) is 1. The second-order valence-corrected chi connectivity index (χ2v) is 5.04. The van der Waals surface area contributed by atoms with Crippen molar-refractivity contribution in [2.45, 2.75) is 32.2 Å². The molecule has 0 aliphatic rings. The van der Waals surface area contributed by atoms with Crippen molar-refractivity contribution < 1.29 is 4.39 Å². The Morgan fingerprint density at radius 2 is 1.85 bits per heavy atom. The van der Waals surface area contributed by atoms with Crippen LogP contribution in [0.4, 0.5) is 4.39 Å². The smallest absolute Gasteiger partial charge is 0.123 e. The van der Waals surface area contributed by atoms with Crippen LogP contribution in [0.2, 0.25) is 0 Å². The largest absolute Gasteiger partial charge is 0.271 e. The molecule has 2 aromatic rings. The van der Waals surface area contributed by atoms with E-state index in [9.17, 15) is 4.39 Å². The van der Waals surface area contributed by atoms with Gasteiger partial charge in [-0.1, -0.05) is 49.7 Å². The van der Waals surface area contributed by atoms with E-state index in [2.05, 4.69) is 36.6 Å². The van der Waals surface area contributed by atoms with Gasteiger partial charge >= 0.3 is 0 Å². The lowest BCUT2D eigenvalue weighted by molar-refractivity contribution is 0.548. The SMILES string of the molecule is CCCc1ccc(C(Cc2cccc(F)c2)NN)cc1. The van der Waals surface area contributed by atoms with E-state index in [1.807, 2.05) is 6.07 Å². The predicted octanol–water partition coefficient (Wildman–Crippen LogP) is 3.53. The fourth-order valence-corrected chi connectivity index (χ4v) is 2.38. The zero-order valence-corrected chi connectivity index (χ0v) is 11.8. The van der Waals surface area contributed by atoms with E-state index >= 15 is 0 Å². The van der Waals surface area contributed by atoms with Crippen LogP contribution in [0.15, 0.2) is 48.5 Å². The molecule has 3 heteroatoms. The number of hydrogen-bond acceptors (Lipinski definition) is 2. The van der Waals surface area contributed by atoms with Crippen molar-refractivity contribution in [2.75, 3.05) is 0 Å². The number of nitrogens with two attached hydrogens (primary N) is 1. The van der Waals surface area contributed by atoms with Crippen LogP contribution in [0.3, 0.4) is 0 Å². The first kappa shape index (κ1) is 14.7. The molecule has 0 fully saturated rings. The molecule has 2 rings (SSSR count). The van der Waals surface area contributed by atoms with Crippen LogP contribution >= 0.6 is 0 Å². The van der Waals surface area contributed by atoms with Crippen LogP contribution in [-0.4, -0.2) is 0 Å². The summed E-state index contributed by atoms with van der Waals surface area (Å²) in [5, 5.41) is 0. The Bertz CT molecular complexity index is 537. The van der Waals surface area contributed by atoms with Gasteiger partial charge < -0.3 is 0 Å². The van der Waals surface area contributed by atoms with Crippen molar-refractivity contribution in [3.05, 3.63) is 71.0 Å². The summed E-state index contributed by atoms with van der Waals surface area (Å²) >= 11 is 0. The summed E-state index contributed by atoms with van der Waals surface area (Å²) < 4.78 is 13.2. The highest BCUT2D eigenvalue weighted by Crippen LogP contribution is 2.19. The number of hydrazine groups is 1. The molecule has 1 unspecified atom stereocenters. The Morgan fingerprint density at radius 3 is 2.45 bits per heavy atom. The van der Waals surface area contributed by atoms with Crippen LogP contribution in [0.25, 0.3) is 0 Å². The maximum absolute atomic E-state index is 13.2. The molecule has 0 radical (unpaired) electrons. The Morgan fingerprint density at radius 1 is 1.10 bits per heavy atom. The molecule has 0 spiro atoms. The van der Waals surface area contributed by atoms with Crippen LogP contribution in [-0.2, 0) is 12.8 Å². The number of benzene rings is 2. The molecule has 0 amide bonds. The first-order valence-corrected chi connectivity index (χ1v) is 7.02. The molecule has 0 saturated heterocycles. The second-order valence-electron chi connectivity index (χ2n) is 5.04. The van der Waals surface area contributed by atoms with Gasteiger partial charge in [0, 0.05) is 6.04 Å². The fraction of sp³-hybridized carbons (Fsp3) is 0.294. The third-order valence-corrected chi connectivity index (χ3v) is 3.45. The predicted molar refractivity (Wildman–Crippen MR) is 80.6 cm³/mol. The minimum atomic E-state index is -0.212. The van der Waals surface area contributed by atoms with E-state index in [0.717, 1.165) is 24.0 Å². The number of aryl methyl sites for hydroxylation is 1. The standard InChI is InChI=1S/C17H21FN2/c1-2-4-13-7-9-15(10-8-13)17(20-19)12-14-5-3-6-16(18)11-14/h3,5-11,17,20H,2,4,12,19H2,1H3. The number of rotatable bonds is 6. The molecule has 0 bridgehead atoms. The van der Waals surface area contributed by atoms with Crippen LogP contribution in [0.5, 0.6) is 0 Å². The molecule has 3 N–H and O–H groups in total. The zero-order chi connectivity index (χ0) is 14.4. The van der Waals surface area contributed by atoms with Gasteiger partial charge in [-0.05, 0) is 41.7 Å². The lowest BCUT2D eigenvalue weighted by Crippen LogP contribution is -2.29. The Hall–Kier alpha value is -1.71. The minimum absolute atomic E-state index is 0.00697. The highest BCUT2D eigenvalue weighted by atomic mass is 19.1. The Kier molecular flexibility index (Phi) is 5.27. The number of halogens is 1. The first-order chi connectivity index (χ1) is 9.72. The Balaban J connectivity index is 2.11. The highest BCUT2D eigenvalue weighted by Gasteiger charge is 2.11. The highest BCUT2D eigenvalue weighted by molar-refractivity contribution is 5.27. The average molecular weight is 272 g/mol. The molecular formula is C17H21FN2. The van der Waals surface area contributed by atoms with Gasteiger partial charge in [-0.15, -0.1) is 0 Å². The molecular weight excluding hydrogens is 251 g/mol. The van der Waals surface area contributed by atoms with Crippen molar-refractivity contribution in [3.63, 3.8) is 0 Å². The normalized spacial score (nSPS) is 12.3. The molecule has 20 heavy (non-hydrogen) atoms. The van der Waals surface area contributed by atoms with Crippen molar-refractivity contribution in [1.82, 2.24) is 5.43 Å². The maximum atomic E-state index is 13.2. The van der Waals surface area contributed by atoms with Gasteiger partial charge in [0.2, 0.25) is 0 Å². The second kappa shape index (κ2) is 7.17. The molecule has 2 aromatic carbocycles. The molecule has 0 saturated carbocycles. The van der Waals surface area contributed by atoms with E-state index in [1.54, 1.807) is 12.1 Å². The topological polar surface area (TPSA) is 38.0 Å². The summed E-state index contributed by atoms with van der Waals surface area (Å²) in [6.45, 7) is 2.17. The van der Waals surface area contributed by atoms with Crippen molar-refractivity contribution in [1.29, 1.82) is 0 Å². The fourth-order valence-electron chi connectivity index (χ4n) is 2.38. The van der Waals surface area contributed by atoms with Gasteiger partial charge in [-0.25, -0.2) is 4.39 Å². The van der Waals surface area contributed by atoms with E-state index in [4.69, 9.17) is 5.84 Å². The Labute approximate surface area is 119 Å². The molecule has 0 heterocycles. The summed E-state index contributed by atoms with van der Waals surface area (Å²) in [7, 11) is 0. The summed E-state index contributed by atoms with van der Waals surface area (Å²) in [5.41, 5.74) is 6.20. The van der Waals surface area contributed by atoms with E-state index in [-0.39, 0.29) is 11.9 Å². The molecule has 0 aliphatic heterocycles. The summed E-state index contributed by atoms with van der Waals surface area (Å²) in [4.78, 5) is 0. The van der Waals surface area contributed by atoms with Crippen LogP contribution in [0.1, 0.15) is 36.1 Å². The third kappa shape index (κ3) is 3.89. The molecule has 106 valence electrons. The minimum Gasteiger partial charge on any atom is -0.271 e. The lowest BCUT2D eigenvalue weighted by atomic mass is 9.97. The van der Waals surface area contributed by atoms with Crippen molar-refractivity contribution >= 4 is 0 Å². The van der Waals surface area contributed by atoms with E-state index < -0.39 is 0 Å². The maximum Gasteiger partial charge on any atom is 0.123 e. The van der Waals surface area contributed by atoms with Crippen LogP contribution in [0, 0.1) is 5.82 Å².